The van der Waals surface area contributed by atoms with Crippen LogP contribution in [0.15, 0.2) is 41.1 Å². The molecule has 3 rings (SSSR count). The lowest BCUT2D eigenvalue weighted by molar-refractivity contribution is -0.114. The number of hydrogen-bond donors (Lipinski definition) is 0. The summed E-state index contributed by atoms with van der Waals surface area (Å²) in [6.45, 7) is 3.92. The molecule has 0 unspecified atom stereocenters. The highest BCUT2D eigenvalue weighted by Crippen LogP contribution is 2.25. The predicted molar refractivity (Wildman–Crippen MR) is 85.6 cm³/mol. The summed E-state index contributed by atoms with van der Waals surface area (Å²) in [6, 6.07) is 7.14. The third-order valence-electron chi connectivity index (χ3n) is 3.84. The molecule has 110 valence electrons. The Labute approximate surface area is 129 Å². The summed E-state index contributed by atoms with van der Waals surface area (Å²) >= 11 is 5.88. The molecular formula is C16H18ClN3O. The number of piperidine rings is 1. The molecule has 0 aliphatic carbocycles. The number of carbonyl (C=O) groups excluding carboxylic acids is 1. The number of rotatable bonds is 2. The van der Waals surface area contributed by atoms with Crippen LogP contribution in [-0.4, -0.2) is 29.6 Å². The van der Waals surface area contributed by atoms with Crippen molar-refractivity contribution >= 4 is 28.9 Å². The molecule has 4 nitrogen and oxygen atoms in total. The Morgan fingerprint density at radius 1 is 1.14 bits per heavy atom. The van der Waals surface area contributed by atoms with Crippen molar-refractivity contribution in [2.45, 2.75) is 26.2 Å². The first-order valence-corrected chi connectivity index (χ1v) is 7.64. The van der Waals surface area contributed by atoms with Crippen LogP contribution >= 0.6 is 11.6 Å². The number of halogens is 1. The number of hydrazone groups is 1. The number of amides is 1. The van der Waals surface area contributed by atoms with E-state index in [1.807, 2.05) is 13.1 Å². The van der Waals surface area contributed by atoms with Crippen LogP contribution in [0.3, 0.4) is 0 Å². The second-order valence-electron chi connectivity index (χ2n) is 5.42. The quantitative estimate of drug-likeness (QED) is 0.785. The standard InChI is InChI=1S/C16H18ClN3O/c1-12-15(11-19-9-3-2-4-10-19)16(21)20(18-12)14-7-5-13(17)6-8-14/h5-8,11H,2-4,9-10H2,1H3/b15-11+. The maximum absolute atomic E-state index is 12.6. The zero-order valence-electron chi connectivity index (χ0n) is 12.1. The Morgan fingerprint density at radius 3 is 2.48 bits per heavy atom. The summed E-state index contributed by atoms with van der Waals surface area (Å²) in [4.78, 5) is 14.8. The summed E-state index contributed by atoms with van der Waals surface area (Å²) < 4.78 is 0. The predicted octanol–water partition coefficient (Wildman–Crippen LogP) is 3.43. The van der Waals surface area contributed by atoms with Crippen LogP contribution < -0.4 is 5.01 Å². The minimum absolute atomic E-state index is 0.0691. The Bertz CT molecular complexity index is 600. The van der Waals surface area contributed by atoms with E-state index in [-0.39, 0.29) is 5.91 Å². The van der Waals surface area contributed by atoms with Crippen LogP contribution in [0.25, 0.3) is 0 Å². The SMILES string of the molecule is CC1=NN(c2ccc(Cl)cc2)C(=O)/C1=C/N1CCCCC1. The van der Waals surface area contributed by atoms with Crippen LogP contribution in [0, 0.1) is 0 Å². The molecule has 21 heavy (non-hydrogen) atoms. The molecule has 2 aliphatic rings. The normalized spacial score (nSPS) is 21.1. The molecule has 1 fully saturated rings. The molecule has 0 N–H and O–H groups in total. The molecule has 1 amide bonds. The van der Waals surface area contributed by atoms with Gasteiger partial charge >= 0.3 is 0 Å². The Hall–Kier alpha value is -1.81. The number of likely N-dealkylation sites (tertiary alicyclic amines) is 1. The lowest BCUT2D eigenvalue weighted by Gasteiger charge is -2.25. The van der Waals surface area contributed by atoms with Gasteiger partial charge in [0.05, 0.1) is 17.0 Å². The fraction of sp³-hybridized carbons (Fsp3) is 0.375. The van der Waals surface area contributed by atoms with Crippen LogP contribution in [0.1, 0.15) is 26.2 Å². The second kappa shape index (κ2) is 5.90. The molecule has 0 aromatic heterocycles. The van der Waals surface area contributed by atoms with Gasteiger partial charge in [-0.1, -0.05) is 11.6 Å². The molecule has 1 saturated heterocycles. The lowest BCUT2D eigenvalue weighted by atomic mass is 10.1. The minimum Gasteiger partial charge on any atom is -0.377 e. The molecule has 5 heteroatoms. The van der Waals surface area contributed by atoms with Gasteiger partial charge in [-0.15, -0.1) is 0 Å². The Morgan fingerprint density at radius 2 is 1.81 bits per heavy atom. The summed E-state index contributed by atoms with van der Waals surface area (Å²) in [5, 5.41) is 6.47. The maximum Gasteiger partial charge on any atom is 0.282 e. The van der Waals surface area contributed by atoms with Crippen LogP contribution in [-0.2, 0) is 4.79 Å². The van der Waals surface area contributed by atoms with Gasteiger partial charge in [-0.3, -0.25) is 4.79 Å². The highest BCUT2D eigenvalue weighted by Gasteiger charge is 2.29. The lowest BCUT2D eigenvalue weighted by Crippen LogP contribution is -2.27. The molecule has 0 atom stereocenters. The minimum atomic E-state index is -0.0691. The molecule has 1 aromatic rings. The molecule has 2 heterocycles. The van der Waals surface area contributed by atoms with Crippen molar-refractivity contribution in [3.63, 3.8) is 0 Å². The first-order valence-electron chi connectivity index (χ1n) is 7.26. The van der Waals surface area contributed by atoms with Gasteiger partial charge in [0.15, 0.2) is 0 Å². The van der Waals surface area contributed by atoms with E-state index in [1.165, 1.54) is 24.3 Å². The molecule has 0 saturated carbocycles. The van der Waals surface area contributed by atoms with Crippen LogP contribution in [0.5, 0.6) is 0 Å². The first-order chi connectivity index (χ1) is 10.1. The summed E-state index contributed by atoms with van der Waals surface area (Å²) in [7, 11) is 0. The largest absolute Gasteiger partial charge is 0.377 e. The average Bonchev–Trinajstić information content (AvgIpc) is 2.77. The number of nitrogens with zero attached hydrogens (tertiary/aromatic N) is 3. The zero-order chi connectivity index (χ0) is 14.8. The van der Waals surface area contributed by atoms with Gasteiger partial charge < -0.3 is 4.90 Å². The van der Waals surface area contributed by atoms with Gasteiger partial charge in [0.1, 0.15) is 0 Å². The average molecular weight is 304 g/mol. The van der Waals surface area contributed by atoms with E-state index < -0.39 is 0 Å². The van der Waals surface area contributed by atoms with E-state index in [0.29, 0.717) is 10.6 Å². The topological polar surface area (TPSA) is 35.9 Å². The second-order valence-corrected chi connectivity index (χ2v) is 5.85. The number of hydrogen-bond acceptors (Lipinski definition) is 3. The molecule has 0 radical (unpaired) electrons. The zero-order valence-corrected chi connectivity index (χ0v) is 12.8. The molecule has 2 aliphatic heterocycles. The van der Waals surface area contributed by atoms with Gasteiger partial charge in [0.2, 0.25) is 0 Å². The number of anilines is 1. The fourth-order valence-electron chi connectivity index (χ4n) is 2.65. The van der Waals surface area contributed by atoms with E-state index in [2.05, 4.69) is 10.0 Å². The fourth-order valence-corrected chi connectivity index (χ4v) is 2.78. The Balaban J connectivity index is 1.83. The van der Waals surface area contributed by atoms with Crippen molar-refractivity contribution in [1.29, 1.82) is 0 Å². The first kappa shape index (κ1) is 14.1. The van der Waals surface area contributed by atoms with Gasteiger partial charge in [-0.05, 0) is 50.5 Å². The van der Waals surface area contributed by atoms with Crippen molar-refractivity contribution in [1.82, 2.24) is 4.90 Å². The van der Waals surface area contributed by atoms with Crippen molar-refractivity contribution in [2.75, 3.05) is 18.1 Å². The van der Waals surface area contributed by atoms with E-state index in [1.54, 1.807) is 24.3 Å². The van der Waals surface area contributed by atoms with Gasteiger partial charge in [-0.2, -0.15) is 10.1 Å². The Kier molecular flexibility index (Phi) is 3.97. The van der Waals surface area contributed by atoms with E-state index in [4.69, 9.17) is 11.6 Å². The summed E-state index contributed by atoms with van der Waals surface area (Å²) in [5.41, 5.74) is 2.19. The maximum atomic E-state index is 12.6. The van der Waals surface area contributed by atoms with E-state index >= 15 is 0 Å². The van der Waals surface area contributed by atoms with Crippen molar-refractivity contribution in [3.05, 3.63) is 41.1 Å². The third-order valence-corrected chi connectivity index (χ3v) is 4.09. The van der Waals surface area contributed by atoms with Crippen molar-refractivity contribution in [2.24, 2.45) is 5.10 Å². The van der Waals surface area contributed by atoms with E-state index in [9.17, 15) is 4.79 Å². The van der Waals surface area contributed by atoms with Gasteiger partial charge in [-0.25, -0.2) is 0 Å². The molecule has 0 spiro atoms. The smallest absolute Gasteiger partial charge is 0.282 e. The monoisotopic (exact) mass is 303 g/mol. The highest BCUT2D eigenvalue weighted by atomic mass is 35.5. The van der Waals surface area contributed by atoms with E-state index in [0.717, 1.165) is 24.5 Å². The molecular weight excluding hydrogens is 286 g/mol. The third kappa shape index (κ3) is 2.95. The van der Waals surface area contributed by atoms with Gasteiger partial charge in [0, 0.05) is 24.3 Å². The van der Waals surface area contributed by atoms with Crippen LogP contribution in [0.4, 0.5) is 5.69 Å². The van der Waals surface area contributed by atoms with Crippen LogP contribution in [0.2, 0.25) is 5.02 Å². The molecule has 1 aromatic carbocycles. The number of benzene rings is 1. The van der Waals surface area contributed by atoms with Crippen molar-refractivity contribution < 1.29 is 4.79 Å². The highest BCUT2D eigenvalue weighted by molar-refractivity contribution is 6.31. The summed E-state index contributed by atoms with van der Waals surface area (Å²) in [6.07, 6.45) is 5.62. The van der Waals surface area contributed by atoms with Crippen molar-refractivity contribution in [3.8, 4) is 0 Å². The number of carbonyl (C=O) groups is 1. The summed E-state index contributed by atoms with van der Waals surface area (Å²) in [5.74, 6) is -0.0691. The van der Waals surface area contributed by atoms with Gasteiger partial charge in [0.25, 0.3) is 5.91 Å². The molecule has 0 bridgehead atoms.